The summed E-state index contributed by atoms with van der Waals surface area (Å²) in [5.41, 5.74) is 1.48. The van der Waals surface area contributed by atoms with Crippen LogP contribution in [-0.2, 0) is 0 Å². The maximum atomic E-state index is 13.7. The first-order valence-electron chi connectivity index (χ1n) is 7.22. The molecule has 0 spiro atoms. The van der Waals surface area contributed by atoms with E-state index in [1.807, 2.05) is 0 Å². The standard InChI is InChI=1S/C17H14F2N4O/c1-10-7-8-12(9-14(10)19)23-11(2)16(21-22-23)17(24)20-15-6-4-3-5-13(15)18/h3-9H,1-2H3,(H,20,24). The normalized spacial score (nSPS) is 10.7. The molecule has 0 aliphatic carbocycles. The first kappa shape index (κ1) is 15.8. The van der Waals surface area contributed by atoms with Gasteiger partial charge in [0.15, 0.2) is 5.69 Å². The minimum atomic E-state index is -0.587. The fourth-order valence-electron chi connectivity index (χ4n) is 2.24. The van der Waals surface area contributed by atoms with Crippen molar-refractivity contribution in [1.29, 1.82) is 0 Å². The quantitative estimate of drug-likeness (QED) is 0.801. The molecule has 1 heterocycles. The van der Waals surface area contributed by atoms with Crippen molar-refractivity contribution in [2.45, 2.75) is 13.8 Å². The van der Waals surface area contributed by atoms with Crippen molar-refractivity contribution in [2.24, 2.45) is 0 Å². The van der Waals surface area contributed by atoms with E-state index >= 15 is 0 Å². The smallest absolute Gasteiger partial charge is 0.278 e. The number of carbonyl (C=O) groups is 1. The summed E-state index contributed by atoms with van der Waals surface area (Å²) < 4.78 is 28.7. The van der Waals surface area contributed by atoms with Gasteiger partial charge in [0.2, 0.25) is 0 Å². The van der Waals surface area contributed by atoms with Gasteiger partial charge in [-0.3, -0.25) is 4.79 Å². The molecule has 1 amide bonds. The van der Waals surface area contributed by atoms with Crippen LogP contribution in [-0.4, -0.2) is 20.9 Å². The van der Waals surface area contributed by atoms with Crippen molar-refractivity contribution in [3.63, 3.8) is 0 Å². The predicted molar refractivity (Wildman–Crippen MR) is 85.1 cm³/mol. The second-order valence-electron chi connectivity index (χ2n) is 5.30. The van der Waals surface area contributed by atoms with Gasteiger partial charge in [-0.1, -0.05) is 23.4 Å². The van der Waals surface area contributed by atoms with Crippen molar-refractivity contribution < 1.29 is 13.6 Å². The average molecular weight is 328 g/mol. The van der Waals surface area contributed by atoms with E-state index in [4.69, 9.17) is 0 Å². The highest BCUT2D eigenvalue weighted by molar-refractivity contribution is 6.03. The first-order chi connectivity index (χ1) is 11.5. The lowest BCUT2D eigenvalue weighted by Gasteiger charge is -2.06. The maximum Gasteiger partial charge on any atom is 0.278 e. The van der Waals surface area contributed by atoms with Crippen LogP contribution in [0.25, 0.3) is 5.69 Å². The summed E-state index contributed by atoms with van der Waals surface area (Å²) >= 11 is 0. The molecule has 0 atom stereocenters. The maximum absolute atomic E-state index is 13.7. The SMILES string of the molecule is Cc1ccc(-n2nnc(C(=O)Nc3ccccc3F)c2C)cc1F. The molecule has 0 aliphatic rings. The van der Waals surface area contributed by atoms with Gasteiger partial charge >= 0.3 is 0 Å². The molecule has 0 aliphatic heterocycles. The number of hydrogen-bond donors (Lipinski definition) is 1. The fraction of sp³-hybridized carbons (Fsp3) is 0.118. The third-order valence-electron chi connectivity index (χ3n) is 3.63. The number of hydrogen-bond acceptors (Lipinski definition) is 3. The molecule has 24 heavy (non-hydrogen) atoms. The number of anilines is 1. The van der Waals surface area contributed by atoms with Crippen molar-refractivity contribution in [3.05, 3.63) is 71.1 Å². The molecule has 122 valence electrons. The molecular formula is C17H14F2N4O. The van der Waals surface area contributed by atoms with Gasteiger partial charge in [0, 0.05) is 0 Å². The van der Waals surface area contributed by atoms with Crippen molar-refractivity contribution in [3.8, 4) is 5.69 Å². The second kappa shape index (κ2) is 6.19. The molecule has 1 N–H and O–H groups in total. The van der Waals surface area contributed by atoms with Crippen LogP contribution in [0.15, 0.2) is 42.5 Å². The largest absolute Gasteiger partial charge is 0.318 e. The topological polar surface area (TPSA) is 59.8 Å². The second-order valence-corrected chi connectivity index (χ2v) is 5.30. The molecular weight excluding hydrogens is 314 g/mol. The van der Waals surface area contributed by atoms with E-state index in [1.54, 1.807) is 32.0 Å². The number of benzene rings is 2. The molecule has 3 aromatic rings. The van der Waals surface area contributed by atoms with Crippen LogP contribution in [0.2, 0.25) is 0 Å². The van der Waals surface area contributed by atoms with Gasteiger partial charge in [-0.2, -0.15) is 0 Å². The highest BCUT2D eigenvalue weighted by atomic mass is 19.1. The van der Waals surface area contributed by atoms with Gasteiger partial charge in [-0.25, -0.2) is 13.5 Å². The Morgan fingerprint density at radius 1 is 1.08 bits per heavy atom. The number of carbonyl (C=O) groups excluding carboxylic acids is 1. The molecule has 7 heteroatoms. The van der Waals surface area contributed by atoms with E-state index in [-0.39, 0.29) is 17.2 Å². The first-order valence-corrected chi connectivity index (χ1v) is 7.22. The molecule has 0 saturated heterocycles. The minimum absolute atomic E-state index is 0.0410. The number of amides is 1. The highest BCUT2D eigenvalue weighted by Gasteiger charge is 2.18. The molecule has 0 fully saturated rings. The monoisotopic (exact) mass is 328 g/mol. The van der Waals surface area contributed by atoms with Crippen LogP contribution in [0, 0.1) is 25.5 Å². The lowest BCUT2D eigenvalue weighted by molar-refractivity contribution is 0.102. The van der Waals surface area contributed by atoms with Gasteiger partial charge in [0.1, 0.15) is 11.6 Å². The van der Waals surface area contributed by atoms with E-state index in [0.717, 1.165) is 0 Å². The van der Waals surface area contributed by atoms with Crippen molar-refractivity contribution in [2.75, 3.05) is 5.32 Å². The summed E-state index contributed by atoms with van der Waals surface area (Å²) in [7, 11) is 0. The van der Waals surface area contributed by atoms with Gasteiger partial charge in [-0.05, 0) is 43.7 Å². The van der Waals surface area contributed by atoms with E-state index in [1.165, 1.54) is 28.9 Å². The van der Waals surface area contributed by atoms with E-state index in [0.29, 0.717) is 16.9 Å². The number of aryl methyl sites for hydroxylation is 1. The van der Waals surface area contributed by atoms with E-state index in [2.05, 4.69) is 15.6 Å². The third-order valence-corrected chi connectivity index (χ3v) is 3.63. The Bertz CT molecular complexity index is 921. The number of para-hydroxylation sites is 1. The summed E-state index contributed by atoms with van der Waals surface area (Å²) in [5.74, 6) is -1.51. The third kappa shape index (κ3) is 2.88. The zero-order valence-corrected chi connectivity index (χ0v) is 13.0. The molecule has 2 aromatic carbocycles. The van der Waals surface area contributed by atoms with Crippen LogP contribution < -0.4 is 5.32 Å². The molecule has 5 nitrogen and oxygen atoms in total. The Hall–Kier alpha value is -3.09. The van der Waals surface area contributed by atoms with Crippen molar-refractivity contribution in [1.82, 2.24) is 15.0 Å². The molecule has 0 unspecified atom stereocenters. The summed E-state index contributed by atoms with van der Waals surface area (Å²) in [6.07, 6.45) is 0. The Balaban J connectivity index is 1.91. The molecule has 0 radical (unpaired) electrons. The lowest BCUT2D eigenvalue weighted by Crippen LogP contribution is -2.15. The molecule has 1 aromatic heterocycles. The van der Waals surface area contributed by atoms with Gasteiger partial charge in [0.25, 0.3) is 5.91 Å². The van der Waals surface area contributed by atoms with E-state index < -0.39 is 11.7 Å². The number of nitrogens with one attached hydrogen (secondary N) is 1. The number of aromatic nitrogens is 3. The Labute approximate surface area is 136 Å². The summed E-state index contributed by atoms with van der Waals surface area (Å²) in [6.45, 7) is 3.29. The zero-order valence-electron chi connectivity index (χ0n) is 13.0. The summed E-state index contributed by atoms with van der Waals surface area (Å²) in [5, 5.41) is 10.2. The Kier molecular flexibility index (Phi) is 4.07. The number of nitrogens with zero attached hydrogens (tertiary/aromatic N) is 3. The Morgan fingerprint density at radius 2 is 1.83 bits per heavy atom. The Morgan fingerprint density at radius 3 is 2.54 bits per heavy atom. The van der Waals surface area contributed by atoms with Crippen LogP contribution >= 0.6 is 0 Å². The van der Waals surface area contributed by atoms with Crippen molar-refractivity contribution >= 4 is 11.6 Å². The lowest BCUT2D eigenvalue weighted by atomic mass is 10.2. The molecule has 0 saturated carbocycles. The van der Waals surface area contributed by atoms with E-state index in [9.17, 15) is 13.6 Å². The van der Waals surface area contributed by atoms with Crippen LogP contribution in [0.3, 0.4) is 0 Å². The molecule has 3 rings (SSSR count). The predicted octanol–water partition coefficient (Wildman–Crippen LogP) is 3.41. The number of rotatable bonds is 3. The average Bonchev–Trinajstić information content (AvgIpc) is 2.94. The van der Waals surface area contributed by atoms with Gasteiger partial charge < -0.3 is 5.32 Å². The zero-order chi connectivity index (χ0) is 17.3. The fourth-order valence-corrected chi connectivity index (χ4v) is 2.24. The van der Waals surface area contributed by atoms with Crippen LogP contribution in [0.4, 0.5) is 14.5 Å². The van der Waals surface area contributed by atoms with Gasteiger partial charge in [-0.15, -0.1) is 5.10 Å². The van der Waals surface area contributed by atoms with Crippen LogP contribution in [0.5, 0.6) is 0 Å². The molecule has 0 bridgehead atoms. The number of halogens is 2. The highest BCUT2D eigenvalue weighted by Crippen LogP contribution is 2.18. The van der Waals surface area contributed by atoms with Crippen LogP contribution in [0.1, 0.15) is 21.7 Å². The minimum Gasteiger partial charge on any atom is -0.318 e. The van der Waals surface area contributed by atoms with Gasteiger partial charge in [0.05, 0.1) is 17.1 Å². The summed E-state index contributed by atoms with van der Waals surface area (Å²) in [6, 6.07) is 10.4. The summed E-state index contributed by atoms with van der Waals surface area (Å²) in [4.78, 5) is 12.3.